The molecule has 0 heterocycles. The molecule has 7 nitrogen and oxygen atoms in total. The summed E-state index contributed by atoms with van der Waals surface area (Å²) in [6, 6.07) is 0.832. The number of nitro benzene ring substituents is 1. The number of rotatable bonds is 5. The van der Waals surface area contributed by atoms with Crippen LogP contribution in [-0.2, 0) is 10.0 Å². The number of nitrogens with zero attached hydrogens (tertiary/aromatic N) is 1. The average molecular weight is 318 g/mol. The van der Waals surface area contributed by atoms with Crippen molar-refractivity contribution in [2.45, 2.75) is 37.1 Å². The fraction of sp³-hybridized carbons (Fsp3) is 0.500. The summed E-state index contributed by atoms with van der Waals surface area (Å²) in [5.41, 5.74) is -1.92. The van der Waals surface area contributed by atoms with E-state index in [-0.39, 0.29) is 22.6 Å². The van der Waals surface area contributed by atoms with Gasteiger partial charge in [0.15, 0.2) is 0 Å². The number of sulfonamides is 1. The maximum absolute atomic E-state index is 13.6. The molecule has 0 aromatic heterocycles. The van der Waals surface area contributed by atoms with Gasteiger partial charge in [0.1, 0.15) is 0 Å². The number of aliphatic hydroxyl groups is 1. The van der Waals surface area contributed by atoms with Crippen LogP contribution in [0.4, 0.5) is 10.1 Å². The summed E-state index contributed by atoms with van der Waals surface area (Å²) >= 11 is 0. The lowest BCUT2D eigenvalue weighted by Gasteiger charge is -2.17. The maximum Gasteiger partial charge on any atom is 0.309 e. The van der Waals surface area contributed by atoms with Crippen LogP contribution in [0.3, 0.4) is 0 Å². The van der Waals surface area contributed by atoms with E-state index in [0.717, 1.165) is 6.07 Å². The van der Waals surface area contributed by atoms with Gasteiger partial charge in [-0.2, -0.15) is 4.39 Å². The van der Waals surface area contributed by atoms with E-state index in [0.29, 0.717) is 12.8 Å². The Morgan fingerprint density at radius 3 is 2.48 bits per heavy atom. The molecule has 116 valence electrons. The van der Waals surface area contributed by atoms with Crippen molar-refractivity contribution in [2.75, 3.05) is 6.61 Å². The predicted molar refractivity (Wildman–Crippen MR) is 71.9 cm³/mol. The molecule has 0 radical (unpaired) electrons. The van der Waals surface area contributed by atoms with E-state index in [4.69, 9.17) is 0 Å². The van der Waals surface area contributed by atoms with Gasteiger partial charge in [0, 0.05) is 0 Å². The minimum absolute atomic E-state index is 0.0804. The van der Waals surface area contributed by atoms with Crippen molar-refractivity contribution in [1.82, 2.24) is 4.72 Å². The lowest BCUT2D eigenvalue weighted by atomic mass is 10.1. The molecule has 1 aromatic rings. The van der Waals surface area contributed by atoms with Crippen molar-refractivity contribution < 1.29 is 22.8 Å². The van der Waals surface area contributed by atoms with Crippen molar-refractivity contribution in [1.29, 1.82) is 0 Å². The molecule has 1 saturated carbocycles. The smallest absolute Gasteiger partial charge is 0.309 e. The van der Waals surface area contributed by atoms with Gasteiger partial charge in [0.05, 0.1) is 27.5 Å². The second-order valence-electron chi connectivity index (χ2n) is 5.28. The van der Waals surface area contributed by atoms with Crippen LogP contribution in [0.2, 0.25) is 0 Å². The molecule has 0 aliphatic heterocycles. The standard InChI is InChI=1S/C12H15FN2O5S/c1-7-5-9(13)10(15(17)18)8(2)11(7)21(19,20)14-12(6-16)3-4-12/h5,14,16H,3-4,6H2,1-2H3. The zero-order chi connectivity index (χ0) is 16.0. The molecule has 1 fully saturated rings. The number of aryl methyl sites for hydroxylation is 1. The van der Waals surface area contributed by atoms with E-state index in [9.17, 15) is 28.0 Å². The van der Waals surface area contributed by atoms with Crippen molar-refractivity contribution in [3.05, 3.63) is 33.1 Å². The molecular formula is C12H15FN2O5S. The van der Waals surface area contributed by atoms with Crippen LogP contribution in [-0.4, -0.2) is 30.6 Å². The number of hydrogen-bond donors (Lipinski definition) is 2. The predicted octanol–water partition coefficient (Wildman–Crippen LogP) is 1.15. The molecule has 0 amide bonds. The molecule has 2 N–H and O–H groups in total. The van der Waals surface area contributed by atoms with Gasteiger partial charge in [0.2, 0.25) is 15.8 Å². The highest BCUT2D eigenvalue weighted by Gasteiger charge is 2.46. The first-order valence-corrected chi connectivity index (χ1v) is 7.71. The third-order valence-corrected chi connectivity index (χ3v) is 5.45. The Hall–Kier alpha value is -1.58. The Labute approximate surface area is 121 Å². The lowest BCUT2D eigenvalue weighted by Crippen LogP contribution is -2.40. The third-order valence-electron chi connectivity index (χ3n) is 3.58. The first-order valence-electron chi connectivity index (χ1n) is 6.22. The van der Waals surface area contributed by atoms with E-state index in [1.807, 2.05) is 0 Å². The largest absolute Gasteiger partial charge is 0.394 e. The van der Waals surface area contributed by atoms with Crippen LogP contribution in [0.15, 0.2) is 11.0 Å². The van der Waals surface area contributed by atoms with Gasteiger partial charge in [-0.05, 0) is 38.3 Å². The Balaban J connectivity index is 2.58. The second kappa shape index (κ2) is 5.00. The molecule has 0 spiro atoms. The number of hydrogen-bond acceptors (Lipinski definition) is 5. The molecule has 9 heteroatoms. The third kappa shape index (κ3) is 2.76. The van der Waals surface area contributed by atoms with Crippen LogP contribution < -0.4 is 4.72 Å². The van der Waals surface area contributed by atoms with Crippen molar-refractivity contribution in [2.24, 2.45) is 0 Å². The zero-order valence-corrected chi connectivity index (χ0v) is 12.3. The molecule has 1 aliphatic carbocycles. The van der Waals surface area contributed by atoms with Gasteiger partial charge in [-0.1, -0.05) is 0 Å². The molecule has 1 aliphatic rings. The Morgan fingerprint density at radius 1 is 1.48 bits per heavy atom. The van der Waals surface area contributed by atoms with E-state index in [2.05, 4.69) is 4.72 Å². The minimum Gasteiger partial charge on any atom is -0.394 e. The fourth-order valence-electron chi connectivity index (χ4n) is 2.32. The van der Waals surface area contributed by atoms with Crippen molar-refractivity contribution in [3.8, 4) is 0 Å². The SMILES string of the molecule is Cc1cc(F)c([N+](=O)[O-])c(C)c1S(=O)(=O)NC1(CO)CC1. The van der Waals surface area contributed by atoms with Gasteiger partial charge in [-0.25, -0.2) is 13.1 Å². The van der Waals surface area contributed by atoms with Crippen LogP contribution in [0.25, 0.3) is 0 Å². The summed E-state index contributed by atoms with van der Waals surface area (Å²) in [4.78, 5) is 9.64. The van der Waals surface area contributed by atoms with Crippen LogP contribution in [0.1, 0.15) is 24.0 Å². The van der Waals surface area contributed by atoms with Gasteiger partial charge < -0.3 is 5.11 Å². The van der Waals surface area contributed by atoms with Crippen LogP contribution in [0, 0.1) is 29.8 Å². The Bertz CT molecular complexity index is 713. The highest BCUT2D eigenvalue weighted by atomic mass is 32.2. The number of nitro groups is 1. The molecule has 0 unspecified atom stereocenters. The molecule has 2 rings (SSSR count). The number of halogens is 1. The van der Waals surface area contributed by atoms with E-state index >= 15 is 0 Å². The highest BCUT2D eigenvalue weighted by molar-refractivity contribution is 7.89. The molecular weight excluding hydrogens is 303 g/mol. The van der Waals surface area contributed by atoms with Gasteiger partial charge >= 0.3 is 5.69 Å². The first kappa shape index (κ1) is 15.8. The topological polar surface area (TPSA) is 110 Å². The number of benzene rings is 1. The van der Waals surface area contributed by atoms with Gasteiger partial charge in [-0.3, -0.25) is 10.1 Å². The normalized spacial score (nSPS) is 16.8. The molecule has 0 bridgehead atoms. The van der Waals surface area contributed by atoms with E-state index in [1.54, 1.807) is 0 Å². The molecule has 1 aromatic carbocycles. The summed E-state index contributed by atoms with van der Waals surface area (Å²) in [7, 11) is -4.08. The fourth-order valence-corrected chi connectivity index (χ4v) is 4.25. The van der Waals surface area contributed by atoms with E-state index in [1.165, 1.54) is 13.8 Å². The molecule has 0 atom stereocenters. The average Bonchev–Trinajstić information content (AvgIpc) is 3.06. The van der Waals surface area contributed by atoms with Gasteiger partial charge in [0.25, 0.3) is 0 Å². The summed E-state index contributed by atoms with van der Waals surface area (Å²) in [5.74, 6) is -1.07. The van der Waals surface area contributed by atoms with Gasteiger partial charge in [-0.15, -0.1) is 0 Å². The number of nitrogens with one attached hydrogen (secondary N) is 1. The summed E-state index contributed by atoms with van der Waals surface area (Å²) in [5, 5.41) is 20.1. The van der Waals surface area contributed by atoms with Crippen LogP contribution in [0.5, 0.6) is 0 Å². The quantitative estimate of drug-likeness (QED) is 0.625. The summed E-state index contributed by atoms with van der Waals surface area (Å²) < 4.78 is 40.8. The number of aliphatic hydroxyl groups excluding tert-OH is 1. The van der Waals surface area contributed by atoms with E-state index < -0.39 is 32.0 Å². The summed E-state index contributed by atoms with van der Waals surface area (Å²) in [6.45, 7) is 2.21. The zero-order valence-electron chi connectivity index (χ0n) is 11.5. The Morgan fingerprint density at radius 2 is 2.05 bits per heavy atom. The lowest BCUT2D eigenvalue weighted by molar-refractivity contribution is -0.388. The highest BCUT2D eigenvalue weighted by Crippen LogP contribution is 2.38. The Kier molecular flexibility index (Phi) is 3.77. The summed E-state index contributed by atoms with van der Waals surface area (Å²) in [6.07, 6.45) is 0.980. The molecule has 21 heavy (non-hydrogen) atoms. The van der Waals surface area contributed by atoms with Crippen LogP contribution >= 0.6 is 0 Å². The monoisotopic (exact) mass is 318 g/mol. The minimum atomic E-state index is -4.08. The van der Waals surface area contributed by atoms with Crippen molar-refractivity contribution in [3.63, 3.8) is 0 Å². The van der Waals surface area contributed by atoms with Crippen molar-refractivity contribution >= 4 is 15.7 Å². The second-order valence-corrected chi connectivity index (χ2v) is 6.90. The first-order chi connectivity index (χ1) is 9.63. The maximum atomic E-state index is 13.6. The molecule has 0 saturated heterocycles.